The standard InChI is InChI=1S/C22H26N2O3/c1-23(2)18-11-8-16(9-12-18)10-13-21(25)24-14-19(20(15-24)22(26)27)17-6-4-3-5-7-17/h3-9,11-12,19-20H,10,13-15H2,1-2H3,(H,26,27)/t19-,20+/m0/s1. The van der Waals surface area contributed by atoms with E-state index in [2.05, 4.69) is 0 Å². The first-order valence-corrected chi connectivity index (χ1v) is 9.27. The Morgan fingerprint density at radius 3 is 2.30 bits per heavy atom. The largest absolute Gasteiger partial charge is 0.481 e. The normalized spacial score (nSPS) is 19.1. The lowest BCUT2D eigenvalue weighted by molar-refractivity contribution is -0.141. The number of carboxylic acid groups (broad SMARTS) is 1. The van der Waals surface area contributed by atoms with Gasteiger partial charge in [-0.1, -0.05) is 42.5 Å². The monoisotopic (exact) mass is 366 g/mol. The maximum atomic E-state index is 12.7. The van der Waals surface area contributed by atoms with Crippen molar-refractivity contribution in [3.05, 3.63) is 65.7 Å². The molecule has 1 fully saturated rings. The van der Waals surface area contributed by atoms with Crippen molar-refractivity contribution in [3.63, 3.8) is 0 Å². The third-order valence-electron chi connectivity index (χ3n) is 5.30. The molecule has 0 aliphatic carbocycles. The summed E-state index contributed by atoms with van der Waals surface area (Å²) in [6.45, 7) is 0.757. The average Bonchev–Trinajstić information content (AvgIpc) is 3.13. The van der Waals surface area contributed by atoms with Crippen molar-refractivity contribution < 1.29 is 14.7 Å². The zero-order chi connectivity index (χ0) is 19.4. The molecule has 1 aliphatic heterocycles. The second-order valence-corrected chi connectivity index (χ2v) is 7.32. The fraction of sp³-hybridized carbons (Fsp3) is 0.364. The molecule has 1 heterocycles. The summed E-state index contributed by atoms with van der Waals surface area (Å²) in [6.07, 6.45) is 1.06. The van der Waals surface area contributed by atoms with E-state index in [4.69, 9.17) is 0 Å². The molecular weight excluding hydrogens is 340 g/mol. The molecule has 0 radical (unpaired) electrons. The molecule has 1 N–H and O–H groups in total. The van der Waals surface area contributed by atoms with Crippen LogP contribution in [0.5, 0.6) is 0 Å². The number of carboxylic acids is 1. The Kier molecular flexibility index (Phi) is 5.79. The van der Waals surface area contributed by atoms with Crippen LogP contribution in [0.2, 0.25) is 0 Å². The van der Waals surface area contributed by atoms with Crippen LogP contribution in [-0.2, 0) is 16.0 Å². The molecule has 1 saturated heterocycles. The van der Waals surface area contributed by atoms with E-state index in [-0.39, 0.29) is 18.4 Å². The van der Waals surface area contributed by atoms with Gasteiger partial charge in [0.25, 0.3) is 0 Å². The van der Waals surface area contributed by atoms with E-state index in [1.807, 2.05) is 73.6 Å². The molecule has 2 aromatic carbocycles. The van der Waals surface area contributed by atoms with E-state index in [1.165, 1.54) is 0 Å². The first-order valence-electron chi connectivity index (χ1n) is 9.27. The molecule has 1 aliphatic rings. The Balaban J connectivity index is 1.62. The molecule has 3 rings (SSSR count). The van der Waals surface area contributed by atoms with Gasteiger partial charge in [0.2, 0.25) is 5.91 Å². The molecule has 27 heavy (non-hydrogen) atoms. The van der Waals surface area contributed by atoms with E-state index in [0.717, 1.165) is 16.8 Å². The Morgan fingerprint density at radius 1 is 1.04 bits per heavy atom. The molecule has 0 spiro atoms. The highest BCUT2D eigenvalue weighted by molar-refractivity contribution is 5.80. The van der Waals surface area contributed by atoms with E-state index in [1.54, 1.807) is 4.90 Å². The molecule has 0 bridgehead atoms. The lowest BCUT2D eigenvalue weighted by Crippen LogP contribution is -2.30. The molecule has 1 amide bonds. The van der Waals surface area contributed by atoms with Crippen LogP contribution in [0.25, 0.3) is 0 Å². The fourth-order valence-corrected chi connectivity index (χ4v) is 3.67. The van der Waals surface area contributed by atoms with Crippen LogP contribution in [0, 0.1) is 5.92 Å². The van der Waals surface area contributed by atoms with Gasteiger partial charge >= 0.3 is 5.97 Å². The van der Waals surface area contributed by atoms with E-state index in [9.17, 15) is 14.7 Å². The zero-order valence-corrected chi connectivity index (χ0v) is 15.8. The summed E-state index contributed by atoms with van der Waals surface area (Å²) in [7, 11) is 3.99. The van der Waals surface area contributed by atoms with Crippen LogP contribution >= 0.6 is 0 Å². The number of hydrogen-bond donors (Lipinski definition) is 1. The van der Waals surface area contributed by atoms with Gasteiger partial charge in [0, 0.05) is 45.2 Å². The second-order valence-electron chi connectivity index (χ2n) is 7.32. The summed E-state index contributed by atoms with van der Waals surface area (Å²) in [5, 5.41) is 9.58. The Morgan fingerprint density at radius 2 is 1.70 bits per heavy atom. The quantitative estimate of drug-likeness (QED) is 0.854. The lowest BCUT2D eigenvalue weighted by atomic mass is 9.89. The van der Waals surface area contributed by atoms with Crippen LogP contribution in [0.4, 0.5) is 5.69 Å². The first-order chi connectivity index (χ1) is 13.0. The van der Waals surface area contributed by atoms with Gasteiger partial charge in [-0.15, -0.1) is 0 Å². The minimum Gasteiger partial charge on any atom is -0.481 e. The van der Waals surface area contributed by atoms with Gasteiger partial charge < -0.3 is 14.9 Å². The van der Waals surface area contributed by atoms with Gasteiger partial charge in [-0.3, -0.25) is 9.59 Å². The van der Waals surface area contributed by atoms with E-state index in [0.29, 0.717) is 19.4 Å². The Bertz CT molecular complexity index is 787. The van der Waals surface area contributed by atoms with Crippen molar-refractivity contribution in [2.24, 2.45) is 5.92 Å². The molecule has 5 nitrogen and oxygen atoms in total. The van der Waals surface area contributed by atoms with Gasteiger partial charge in [0.1, 0.15) is 0 Å². The second kappa shape index (κ2) is 8.25. The van der Waals surface area contributed by atoms with Gasteiger partial charge in [-0.2, -0.15) is 0 Å². The molecule has 0 saturated carbocycles. The molecule has 0 unspecified atom stereocenters. The van der Waals surface area contributed by atoms with E-state index < -0.39 is 11.9 Å². The maximum Gasteiger partial charge on any atom is 0.308 e. The van der Waals surface area contributed by atoms with Gasteiger partial charge in [0.15, 0.2) is 0 Å². The van der Waals surface area contributed by atoms with Crippen LogP contribution in [0.3, 0.4) is 0 Å². The predicted octanol–water partition coefficient (Wildman–Crippen LogP) is 3.01. The third kappa shape index (κ3) is 4.48. The summed E-state index contributed by atoms with van der Waals surface area (Å²) < 4.78 is 0. The number of hydrogen-bond acceptors (Lipinski definition) is 3. The number of anilines is 1. The Labute approximate surface area is 160 Å². The smallest absolute Gasteiger partial charge is 0.308 e. The van der Waals surface area contributed by atoms with Crippen molar-refractivity contribution >= 4 is 17.6 Å². The number of carbonyl (C=O) groups excluding carboxylic acids is 1. The van der Waals surface area contributed by atoms with Crippen LogP contribution in [0.15, 0.2) is 54.6 Å². The van der Waals surface area contributed by atoms with Gasteiger partial charge in [-0.05, 0) is 29.7 Å². The van der Waals surface area contributed by atoms with Crippen LogP contribution in [0.1, 0.15) is 23.5 Å². The van der Waals surface area contributed by atoms with Crippen molar-refractivity contribution in [1.29, 1.82) is 0 Å². The highest BCUT2D eigenvalue weighted by atomic mass is 16.4. The topological polar surface area (TPSA) is 60.9 Å². The van der Waals surface area contributed by atoms with Crippen molar-refractivity contribution in [2.45, 2.75) is 18.8 Å². The number of likely N-dealkylation sites (tertiary alicyclic amines) is 1. The number of nitrogens with zero attached hydrogens (tertiary/aromatic N) is 2. The number of amides is 1. The highest BCUT2D eigenvalue weighted by Crippen LogP contribution is 2.33. The lowest BCUT2D eigenvalue weighted by Gasteiger charge is -2.17. The molecule has 5 heteroatoms. The number of aliphatic carboxylic acids is 1. The minimum atomic E-state index is -0.835. The highest BCUT2D eigenvalue weighted by Gasteiger charge is 2.40. The molecule has 2 atom stereocenters. The predicted molar refractivity (Wildman–Crippen MR) is 106 cm³/mol. The molecule has 142 valence electrons. The van der Waals surface area contributed by atoms with Gasteiger partial charge in [0.05, 0.1) is 5.92 Å². The number of carbonyl (C=O) groups is 2. The zero-order valence-electron chi connectivity index (χ0n) is 15.8. The number of aryl methyl sites for hydroxylation is 1. The minimum absolute atomic E-state index is 0.0244. The Hall–Kier alpha value is -2.82. The first kappa shape index (κ1) is 19.0. The fourth-order valence-electron chi connectivity index (χ4n) is 3.67. The SMILES string of the molecule is CN(C)c1ccc(CCC(=O)N2C[C@@H](C(=O)O)[C@H](c3ccccc3)C2)cc1. The van der Waals surface area contributed by atoms with Crippen molar-refractivity contribution in [2.75, 3.05) is 32.1 Å². The van der Waals surface area contributed by atoms with Crippen molar-refractivity contribution in [1.82, 2.24) is 4.90 Å². The third-order valence-corrected chi connectivity index (χ3v) is 5.30. The summed E-state index contributed by atoms with van der Waals surface area (Å²) in [5.41, 5.74) is 3.22. The molecule has 2 aromatic rings. The summed E-state index contributed by atoms with van der Waals surface area (Å²) in [4.78, 5) is 28.1. The molecule has 0 aromatic heterocycles. The summed E-state index contributed by atoms with van der Waals surface area (Å²) >= 11 is 0. The maximum absolute atomic E-state index is 12.7. The number of rotatable bonds is 6. The van der Waals surface area contributed by atoms with Crippen LogP contribution < -0.4 is 4.90 Å². The average molecular weight is 366 g/mol. The number of benzene rings is 2. The molecular formula is C22H26N2O3. The van der Waals surface area contributed by atoms with Gasteiger partial charge in [-0.25, -0.2) is 0 Å². The van der Waals surface area contributed by atoms with Crippen LogP contribution in [-0.4, -0.2) is 49.1 Å². The van der Waals surface area contributed by atoms with Crippen molar-refractivity contribution in [3.8, 4) is 0 Å². The summed E-state index contributed by atoms with van der Waals surface area (Å²) in [5.74, 6) is -1.50. The summed E-state index contributed by atoms with van der Waals surface area (Å²) in [6, 6.07) is 17.8. The van der Waals surface area contributed by atoms with E-state index >= 15 is 0 Å².